The third kappa shape index (κ3) is 3.58. The van der Waals surface area contributed by atoms with Crippen molar-refractivity contribution in [3.63, 3.8) is 0 Å². The summed E-state index contributed by atoms with van der Waals surface area (Å²) in [6.45, 7) is 4.69. The van der Waals surface area contributed by atoms with E-state index in [9.17, 15) is 0 Å². The van der Waals surface area contributed by atoms with Crippen LogP contribution in [0.4, 0.5) is 0 Å². The molecule has 1 aromatic carbocycles. The summed E-state index contributed by atoms with van der Waals surface area (Å²) in [6.07, 6.45) is 3.56. The molecule has 1 atom stereocenters. The number of hydrogen-bond donors (Lipinski definition) is 0. The summed E-state index contributed by atoms with van der Waals surface area (Å²) in [5.41, 5.74) is 2.32. The van der Waals surface area contributed by atoms with Gasteiger partial charge in [-0.1, -0.05) is 47.6 Å². The average Bonchev–Trinajstić information content (AvgIpc) is 3.15. The zero-order valence-corrected chi connectivity index (χ0v) is 12.8. The van der Waals surface area contributed by atoms with Crippen molar-refractivity contribution in [3.8, 4) is 0 Å². The van der Waals surface area contributed by atoms with Crippen molar-refractivity contribution in [2.45, 2.75) is 39.2 Å². The standard InChI is InChI=1S/C16H19N5O/c1-12(14-6-4-3-5-7-14)10-15-11-21(20-18-15)9-8-16-17-13(2)22-19-16/h3-7,11-12H,8-10H2,1-2H3/t12-/m1/s1. The quantitative estimate of drug-likeness (QED) is 0.699. The molecule has 2 heterocycles. The molecule has 0 unspecified atom stereocenters. The maximum Gasteiger partial charge on any atom is 0.223 e. The second-order valence-corrected chi connectivity index (χ2v) is 5.47. The van der Waals surface area contributed by atoms with E-state index >= 15 is 0 Å². The van der Waals surface area contributed by atoms with Crippen molar-refractivity contribution in [2.75, 3.05) is 0 Å². The minimum atomic E-state index is 0.422. The van der Waals surface area contributed by atoms with Crippen molar-refractivity contribution >= 4 is 0 Å². The van der Waals surface area contributed by atoms with Gasteiger partial charge < -0.3 is 4.52 Å². The van der Waals surface area contributed by atoms with Gasteiger partial charge >= 0.3 is 0 Å². The van der Waals surface area contributed by atoms with Crippen LogP contribution in [0.25, 0.3) is 0 Å². The normalized spacial score (nSPS) is 12.5. The summed E-state index contributed by atoms with van der Waals surface area (Å²) < 4.78 is 6.79. The zero-order valence-electron chi connectivity index (χ0n) is 12.8. The molecular weight excluding hydrogens is 278 g/mol. The van der Waals surface area contributed by atoms with Gasteiger partial charge in [0.15, 0.2) is 5.82 Å². The Kier molecular flexibility index (Phi) is 4.27. The predicted octanol–water partition coefficient (Wildman–Crippen LogP) is 2.56. The van der Waals surface area contributed by atoms with E-state index in [1.807, 2.05) is 16.9 Å². The van der Waals surface area contributed by atoms with Crippen LogP contribution in [0.5, 0.6) is 0 Å². The van der Waals surface area contributed by atoms with Crippen LogP contribution < -0.4 is 0 Å². The second kappa shape index (κ2) is 6.51. The van der Waals surface area contributed by atoms with Crippen LogP contribution >= 0.6 is 0 Å². The summed E-state index contributed by atoms with van der Waals surface area (Å²) in [7, 11) is 0. The molecular formula is C16H19N5O. The Balaban J connectivity index is 1.57. The summed E-state index contributed by atoms with van der Waals surface area (Å²) in [5.74, 6) is 1.71. The highest BCUT2D eigenvalue weighted by molar-refractivity contribution is 5.20. The van der Waals surface area contributed by atoms with Crippen molar-refractivity contribution in [2.24, 2.45) is 0 Å². The van der Waals surface area contributed by atoms with Crippen molar-refractivity contribution < 1.29 is 4.52 Å². The minimum Gasteiger partial charge on any atom is -0.340 e. The molecule has 0 aliphatic rings. The monoisotopic (exact) mass is 297 g/mol. The van der Waals surface area contributed by atoms with E-state index in [-0.39, 0.29) is 0 Å². The van der Waals surface area contributed by atoms with Gasteiger partial charge in [0, 0.05) is 26.1 Å². The van der Waals surface area contributed by atoms with E-state index in [2.05, 4.69) is 51.6 Å². The van der Waals surface area contributed by atoms with Crippen molar-refractivity contribution in [1.82, 2.24) is 25.1 Å². The zero-order chi connectivity index (χ0) is 15.4. The molecule has 0 N–H and O–H groups in total. The molecule has 0 saturated carbocycles. The summed E-state index contributed by atoms with van der Waals surface area (Å²) >= 11 is 0. The molecule has 0 bridgehead atoms. The molecule has 0 aliphatic carbocycles. The molecule has 0 amide bonds. The van der Waals surface area contributed by atoms with Crippen LogP contribution in [-0.4, -0.2) is 25.1 Å². The smallest absolute Gasteiger partial charge is 0.223 e. The maximum absolute atomic E-state index is 4.95. The van der Waals surface area contributed by atoms with Gasteiger partial charge in [0.2, 0.25) is 5.89 Å². The Morgan fingerprint density at radius 3 is 2.77 bits per heavy atom. The lowest BCUT2D eigenvalue weighted by atomic mass is 9.97. The molecule has 6 heteroatoms. The van der Waals surface area contributed by atoms with Crippen LogP contribution in [-0.2, 0) is 19.4 Å². The Hall–Kier alpha value is -2.50. The first-order valence-corrected chi connectivity index (χ1v) is 7.44. The SMILES string of the molecule is Cc1nc(CCn2cc(C[C@@H](C)c3ccccc3)nn2)no1. The highest BCUT2D eigenvalue weighted by atomic mass is 16.5. The fraction of sp³-hybridized carbons (Fsp3) is 0.375. The first-order valence-electron chi connectivity index (χ1n) is 7.44. The third-order valence-electron chi connectivity index (χ3n) is 3.60. The number of benzene rings is 1. The number of aryl methyl sites for hydroxylation is 3. The van der Waals surface area contributed by atoms with E-state index in [4.69, 9.17) is 4.52 Å². The molecule has 22 heavy (non-hydrogen) atoms. The lowest BCUT2D eigenvalue weighted by Gasteiger charge is -2.09. The summed E-state index contributed by atoms with van der Waals surface area (Å²) in [6, 6.07) is 10.5. The van der Waals surface area contributed by atoms with E-state index in [0.717, 1.165) is 12.1 Å². The maximum atomic E-state index is 4.95. The molecule has 2 aromatic heterocycles. The molecule has 0 aliphatic heterocycles. The third-order valence-corrected chi connectivity index (χ3v) is 3.60. The number of rotatable bonds is 6. The molecule has 3 rings (SSSR count). The van der Waals surface area contributed by atoms with E-state index in [1.165, 1.54) is 5.56 Å². The fourth-order valence-corrected chi connectivity index (χ4v) is 2.41. The molecule has 6 nitrogen and oxygen atoms in total. The number of nitrogens with zero attached hydrogens (tertiary/aromatic N) is 5. The molecule has 0 spiro atoms. The van der Waals surface area contributed by atoms with Gasteiger partial charge in [-0.2, -0.15) is 4.98 Å². The topological polar surface area (TPSA) is 69.6 Å². The number of aromatic nitrogens is 5. The lowest BCUT2D eigenvalue weighted by Crippen LogP contribution is -2.03. The second-order valence-electron chi connectivity index (χ2n) is 5.47. The Labute approximate surface area is 129 Å². The minimum absolute atomic E-state index is 0.422. The highest BCUT2D eigenvalue weighted by Crippen LogP contribution is 2.18. The van der Waals surface area contributed by atoms with Gasteiger partial charge in [0.1, 0.15) is 0 Å². The Bertz CT molecular complexity index is 719. The number of hydrogen-bond acceptors (Lipinski definition) is 5. The van der Waals surface area contributed by atoms with Crippen LogP contribution in [0.1, 0.15) is 35.8 Å². The van der Waals surface area contributed by atoms with Crippen LogP contribution in [0, 0.1) is 6.92 Å². The van der Waals surface area contributed by atoms with Gasteiger partial charge in [-0.05, 0) is 17.9 Å². The molecule has 3 aromatic rings. The van der Waals surface area contributed by atoms with Crippen LogP contribution in [0.2, 0.25) is 0 Å². The van der Waals surface area contributed by atoms with Gasteiger partial charge in [0.05, 0.1) is 5.69 Å². The van der Waals surface area contributed by atoms with Gasteiger partial charge in [-0.25, -0.2) is 0 Å². The molecule has 114 valence electrons. The van der Waals surface area contributed by atoms with Crippen LogP contribution in [0.15, 0.2) is 41.1 Å². The van der Waals surface area contributed by atoms with Crippen molar-refractivity contribution in [1.29, 1.82) is 0 Å². The Morgan fingerprint density at radius 2 is 2.05 bits per heavy atom. The van der Waals surface area contributed by atoms with E-state index in [1.54, 1.807) is 6.92 Å². The molecule has 0 radical (unpaired) electrons. The predicted molar refractivity (Wildman–Crippen MR) is 81.3 cm³/mol. The van der Waals surface area contributed by atoms with Crippen LogP contribution in [0.3, 0.4) is 0 Å². The molecule has 0 fully saturated rings. The first-order chi connectivity index (χ1) is 10.7. The highest BCUT2D eigenvalue weighted by Gasteiger charge is 2.10. The van der Waals surface area contributed by atoms with Crippen molar-refractivity contribution in [3.05, 3.63) is 59.5 Å². The van der Waals surface area contributed by atoms with E-state index < -0.39 is 0 Å². The Morgan fingerprint density at radius 1 is 1.23 bits per heavy atom. The summed E-state index contributed by atoms with van der Waals surface area (Å²) in [4.78, 5) is 4.18. The summed E-state index contributed by atoms with van der Waals surface area (Å²) in [5, 5.41) is 12.3. The fourth-order valence-electron chi connectivity index (χ4n) is 2.41. The van der Waals surface area contributed by atoms with Gasteiger partial charge in [-0.15, -0.1) is 5.10 Å². The lowest BCUT2D eigenvalue weighted by molar-refractivity contribution is 0.385. The molecule has 0 saturated heterocycles. The first kappa shape index (κ1) is 14.4. The average molecular weight is 297 g/mol. The van der Waals surface area contributed by atoms with E-state index in [0.29, 0.717) is 30.6 Å². The largest absolute Gasteiger partial charge is 0.340 e. The van der Waals surface area contributed by atoms with Gasteiger partial charge in [0.25, 0.3) is 0 Å². The van der Waals surface area contributed by atoms with Gasteiger partial charge in [-0.3, -0.25) is 4.68 Å².